The Morgan fingerprint density at radius 3 is 2.19 bits per heavy atom. The van der Waals surface area contributed by atoms with E-state index in [4.69, 9.17) is 5.10 Å². The van der Waals surface area contributed by atoms with Crippen molar-refractivity contribution in [3.05, 3.63) is 106 Å². The SMILES string of the molecule is Cc1ccc(/C=C2\CCC[C@H]3C2=NN(C(=O)CN2N=N[C@@H]4C(=O)N(c5c(F)c(F)cc(F)c5F)C(=O)[C@@H]42)[C@H]3c2ccc(C)cc2)cc1. The zero-order chi connectivity index (χ0) is 33.1. The number of nitrogens with zero attached hydrogens (tertiary/aromatic N) is 6. The normalized spacial score (nSPS) is 24.3. The Morgan fingerprint density at radius 1 is 0.894 bits per heavy atom. The van der Waals surface area contributed by atoms with Crippen molar-refractivity contribution >= 4 is 35.2 Å². The quantitative estimate of drug-likeness (QED) is 0.194. The van der Waals surface area contributed by atoms with Gasteiger partial charge in [-0.2, -0.15) is 10.2 Å². The molecule has 1 aliphatic carbocycles. The number of rotatable bonds is 5. The van der Waals surface area contributed by atoms with Gasteiger partial charge in [-0.3, -0.25) is 19.4 Å². The summed E-state index contributed by atoms with van der Waals surface area (Å²) in [6.45, 7) is 3.42. The molecule has 0 radical (unpaired) electrons. The van der Waals surface area contributed by atoms with Crippen LogP contribution >= 0.6 is 0 Å². The number of hydrogen-bond acceptors (Lipinski definition) is 7. The Labute approximate surface area is 266 Å². The number of amides is 3. The molecule has 0 unspecified atom stereocenters. The highest BCUT2D eigenvalue weighted by atomic mass is 19.2. The van der Waals surface area contributed by atoms with E-state index in [0.29, 0.717) is 0 Å². The lowest BCUT2D eigenvalue weighted by Gasteiger charge is -2.30. The molecule has 3 aromatic rings. The number of anilines is 1. The molecule has 1 saturated heterocycles. The van der Waals surface area contributed by atoms with Crippen LogP contribution in [0, 0.1) is 43.0 Å². The summed E-state index contributed by atoms with van der Waals surface area (Å²) < 4.78 is 57.2. The number of halogens is 4. The molecule has 0 aromatic heterocycles. The molecule has 4 atom stereocenters. The van der Waals surface area contributed by atoms with E-state index in [-0.39, 0.29) is 16.9 Å². The van der Waals surface area contributed by atoms with Crippen molar-refractivity contribution < 1.29 is 31.9 Å². The molecule has 4 aliphatic rings. The number of fused-ring (bicyclic) bond motifs is 2. The maximum Gasteiger partial charge on any atom is 0.264 e. The van der Waals surface area contributed by atoms with Gasteiger partial charge in [-0.1, -0.05) is 64.9 Å². The predicted octanol–water partition coefficient (Wildman–Crippen LogP) is 5.98. The number of hydrogen-bond donors (Lipinski definition) is 0. The lowest BCUT2D eigenvalue weighted by atomic mass is 9.77. The topological polar surface area (TPSA) is 98.0 Å². The Kier molecular flexibility index (Phi) is 7.48. The molecule has 3 aromatic carbocycles. The van der Waals surface area contributed by atoms with E-state index in [1.54, 1.807) is 0 Å². The molecule has 47 heavy (non-hydrogen) atoms. The standard InChI is InChI=1S/C34H28F4N6O3/c1-17-6-10-19(11-7-17)14-21-4-3-5-22-28(21)40-44(30(22)20-12-8-18(2)9-13-20)25(45)16-42-32-29(39-41-42)33(46)43(34(32)47)31-26(37)23(35)15-24(36)27(31)38/h6-15,22,29-30,32H,3-5,16H2,1-2H3/b21-14+/t22-,29-,30-,32+/m0/s1. The number of aryl methyl sites for hydroxylation is 2. The molecular weight excluding hydrogens is 616 g/mol. The highest BCUT2D eigenvalue weighted by molar-refractivity contribution is 6.25. The number of allylic oxidation sites excluding steroid dienone is 1. The van der Waals surface area contributed by atoms with Crippen molar-refractivity contribution in [2.45, 2.75) is 51.2 Å². The van der Waals surface area contributed by atoms with Crippen LogP contribution in [0.15, 0.2) is 75.6 Å². The molecular formula is C34H28F4N6O3. The fourth-order valence-corrected chi connectivity index (χ4v) is 6.71. The zero-order valence-corrected chi connectivity index (χ0v) is 25.3. The van der Waals surface area contributed by atoms with Crippen molar-refractivity contribution in [3.63, 3.8) is 0 Å². The minimum absolute atomic E-state index is 0.0221. The first-order valence-electron chi connectivity index (χ1n) is 15.2. The maximum absolute atomic E-state index is 14.6. The monoisotopic (exact) mass is 644 g/mol. The first-order valence-corrected chi connectivity index (χ1v) is 15.2. The Bertz CT molecular complexity index is 1880. The van der Waals surface area contributed by atoms with Gasteiger partial charge in [0, 0.05) is 12.0 Å². The fourth-order valence-electron chi connectivity index (χ4n) is 6.71. The Balaban J connectivity index is 1.20. The van der Waals surface area contributed by atoms with Crippen molar-refractivity contribution in [3.8, 4) is 0 Å². The van der Waals surface area contributed by atoms with Crippen molar-refractivity contribution in [2.75, 3.05) is 11.4 Å². The van der Waals surface area contributed by atoms with Crippen LogP contribution in [0.25, 0.3) is 6.08 Å². The second kappa shape index (κ2) is 11.6. The summed E-state index contributed by atoms with van der Waals surface area (Å²) in [7, 11) is 0. The molecule has 0 bridgehead atoms. The van der Waals surface area contributed by atoms with E-state index in [1.165, 1.54) is 5.01 Å². The van der Waals surface area contributed by atoms with Gasteiger partial charge in [-0.25, -0.2) is 27.5 Å². The number of carbonyl (C=O) groups excluding carboxylic acids is 3. The van der Waals surface area contributed by atoms with Gasteiger partial charge < -0.3 is 0 Å². The van der Waals surface area contributed by atoms with E-state index in [0.717, 1.165) is 57.8 Å². The van der Waals surface area contributed by atoms with Gasteiger partial charge in [0.05, 0.1) is 11.8 Å². The largest absolute Gasteiger partial charge is 0.271 e. The Morgan fingerprint density at radius 2 is 1.53 bits per heavy atom. The van der Waals surface area contributed by atoms with E-state index in [9.17, 15) is 31.9 Å². The third-order valence-electron chi connectivity index (χ3n) is 9.06. The summed E-state index contributed by atoms with van der Waals surface area (Å²) >= 11 is 0. The minimum Gasteiger partial charge on any atom is -0.271 e. The summed E-state index contributed by atoms with van der Waals surface area (Å²) in [5.74, 6) is -10.5. The summed E-state index contributed by atoms with van der Waals surface area (Å²) in [6.07, 6.45) is 4.52. The second-order valence-corrected chi connectivity index (χ2v) is 12.2. The highest BCUT2D eigenvalue weighted by Gasteiger charge is 2.57. The van der Waals surface area contributed by atoms with Gasteiger partial charge in [0.2, 0.25) is 0 Å². The van der Waals surface area contributed by atoms with Crippen LogP contribution in [0.1, 0.15) is 47.6 Å². The third kappa shape index (κ3) is 5.09. The van der Waals surface area contributed by atoms with E-state index >= 15 is 0 Å². The zero-order valence-electron chi connectivity index (χ0n) is 25.3. The van der Waals surface area contributed by atoms with Crippen molar-refractivity contribution in [1.82, 2.24) is 10.0 Å². The first-order chi connectivity index (χ1) is 22.5. The molecule has 240 valence electrons. The number of carbonyl (C=O) groups is 3. The van der Waals surface area contributed by atoms with Gasteiger partial charge in [-0.15, -0.1) is 0 Å². The van der Waals surface area contributed by atoms with Gasteiger partial charge in [0.25, 0.3) is 17.7 Å². The Hall–Kier alpha value is -5.20. The molecule has 1 saturated carbocycles. The molecule has 7 rings (SSSR count). The summed E-state index contributed by atoms with van der Waals surface area (Å²) in [4.78, 5) is 40.6. The number of imide groups is 1. The fraction of sp³-hybridized carbons (Fsp3) is 0.294. The van der Waals surface area contributed by atoms with Crippen LogP contribution in [0.3, 0.4) is 0 Å². The van der Waals surface area contributed by atoms with Crippen LogP contribution in [0.5, 0.6) is 0 Å². The first kappa shape index (κ1) is 30.5. The second-order valence-electron chi connectivity index (χ2n) is 12.2. The van der Waals surface area contributed by atoms with Gasteiger partial charge in [0.1, 0.15) is 12.2 Å². The third-order valence-corrected chi connectivity index (χ3v) is 9.06. The average molecular weight is 645 g/mol. The van der Waals surface area contributed by atoms with Crippen LogP contribution in [0.2, 0.25) is 0 Å². The van der Waals surface area contributed by atoms with Crippen LogP contribution in [-0.4, -0.2) is 52.1 Å². The van der Waals surface area contributed by atoms with E-state index in [1.807, 2.05) is 62.4 Å². The number of benzene rings is 3. The van der Waals surface area contributed by atoms with Gasteiger partial charge in [-0.05, 0) is 55.9 Å². The van der Waals surface area contributed by atoms with Crippen molar-refractivity contribution in [2.24, 2.45) is 21.4 Å². The molecule has 3 aliphatic heterocycles. The lowest BCUT2D eigenvalue weighted by molar-refractivity contribution is -0.136. The minimum atomic E-state index is -1.91. The highest BCUT2D eigenvalue weighted by Crippen LogP contribution is 2.45. The summed E-state index contributed by atoms with van der Waals surface area (Å²) in [5.41, 5.74) is 4.37. The van der Waals surface area contributed by atoms with Gasteiger partial charge >= 0.3 is 0 Å². The lowest BCUT2D eigenvalue weighted by Crippen LogP contribution is -2.45. The smallest absolute Gasteiger partial charge is 0.264 e. The van der Waals surface area contributed by atoms with Crippen LogP contribution in [-0.2, 0) is 14.4 Å². The van der Waals surface area contributed by atoms with E-state index in [2.05, 4.69) is 16.4 Å². The average Bonchev–Trinajstić information content (AvgIpc) is 3.72. The predicted molar refractivity (Wildman–Crippen MR) is 163 cm³/mol. The number of hydrazone groups is 1. The van der Waals surface area contributed by atoms with Crippen LogP contribution < -0.4 is 4.90 Å². The molecule has 3 amide bonds. The molecule has 3 heterocycles. The van der Waals surface area contributed by atoms with E-state index < -0.39 is 71.3 Å². The molecule has 9 nitrogen and oxygen atoms in total. The van der Waals surface area contributed by atoms with Crippen LogP contribution in [0.4, 0.5) is 23.2 Å². The van der Waals surface area contributed by atoms with Gasteiger partial charge in [0.15, 0.2) is 35.4 Å². The summed E-state index contributed by atoms with van der Waals surface area (Å²) in [5, 5.41) is 14.8. The molecule has 13 heteroatoms. The van der Waals surface area contributed by atoms with Crippen molar-refractivity contribution in [1.29, 1.82) is 0 Å². The molecule has 0 N–H and O–H groups in total. The maximum atomic E-state index is 14.6. The molecule has 2 fully saturated rings. The molecule has 0 spiro atoms. The summed E-state index contributed by atoms with van der Waals surface area (Å²) in [6, 6.07) is 12.3.